The Morgan fingerprint density at radius 1 is 1.41 bits per heavy atom. The molecule has 3 N–H and O–H groups in total. The molecule has 1 unspecified atom stereocenters. The van der Waals surface area contributed by atoms with Gasteiger partial charge in [-0.25, -0.2) is 8.78 Å². The average Bonchev–Trinajstić information content (AvgIpc) is 2.30. The van der Waals surface area contributed by atoms with E-state index in [9.17, 15) is 13.6 Å². The molecule has 1 aromatic carbocycles. The maximum absolute atomic E-state index is 13.4. The van der Waals surface area contributed by atoms with Gasteiger partial charge in [-0.05, 0) is 25.0 Å². The number of halogens is 2. The van der Waals surface area contributed by atoms with Gasteiger partial charge in [-0.2, -0.15) is 0 Å². The van der Waals surface area contributed by atoms with Gasteiger partial charge in [0.05, 0.1) is 5.56 Å². The SMILES string of the molecule is CCC(CN)NC(=O)c1cc(C)c(F)cc1F. The molecule has 0 heterocycles. The monoisotopic (exact) mass is 242 g/mol. The van der Waals surface area contributed by atoms with E-state index in [0.29, 0.717) is 12.5 Å². The van der Waals surface area contributed by atoms with Crippen molar-refractivity contribution >= 4 is 5.91 Å². The van der Waals surface area contributed by atoms with E-state index in [4.69, 9.17) is 5.73 Å². The zero-order valence-corrected chi connectivity index (χ0v) is 9.89. The van der Waals surface area contributed by atoms with E-state index in [1.807, 2.05) is 6.92 Å². The second kappa shape index (κ2) is 5.72. The van der Waals surface area contributed by atoms with Crippen LogP contribution in [0.15, 0.2) is 12.1 Å². The Morgan fingerprint density at radius 3 is 2.59 bits per heavy atom. The van der Waals surface area contributed by atoms with E-state index in [-0.39, 0.29) is 23.7 Å². The van der Waals surface area contributed by atoms with Crippen molar-refractivity contribution in [2.45, 2.75) is 26.3 Å². The molecule has 0 aromatic heterocycles. The predicted octanol–water partition coefficient (Wildman–Crippen LogP) is 1.74. The molecule has 0 radical (unpaired) electrons. The molecule has 0 saturated carbocycles. The molecule has 1 rings (SSSR count). The smallest absolute Gasteiger partial charge is 0.254 e. The molecule has 0 spiro atoms. The number of carbonyl (C=O) groups is 1. The van der Waals surface area contributed by atoms with Crippen molar-refractivity contribution in [1.29, 1.82) is 0 Å². The van der Waals surface area contributed by atoms with Gasteiger partial charge in [-0.15, -0.1) is 0 Å². The van der Waals surface area contributed by atoms with Gasteiger partial charge >= 0.3 is 0 Å². The summed E-state index contributed by atoms with van der Waals surface area (Å²) in [6.07, 6.45) is 0.657. The molecule has 0 fully saturated rings. The van der Waals surface area contributed by atoms with Crippen LogP contribution in [0.1, 0.15) is 29.3 Å². The summed E-state index contributed by atoms with van der Waals surface area (Å²) in [5.74, 6) is -2.09. The van der Waals surface area contributed by atoms with Crippen LogP contribution in [0, 0.1) is 18.6 Å². The van der Waals surface area contributed by atoms with Crippen molar-refractivity contribution in [2.75, 3.05) is 6.54 Å². The number of hydrogen-bond acceptors (Lipinski definition) is 2. The molecule has 0 saturated heterocycles. The molecule has 0 aliphatic carbocycles. The van der Waals surface area contributed by atoms with Gasteiger partial charge in [0.25, 0.3) is 5.91 Å². The number of nitrogens with two attached hydrogens (primary N) is 1. The highest BCUT2D eigenvalue weighted by Crippen LogP contribution is 2.14. The maximum Gasteiger partial charge on any atom is 0.254 e. The summed E-state index contributed by atoms with van der Waals surface area (Å²) in [5, 5.41) is 2.59. The quantitative estimate of drug-likeness (QED) is 0.845. The number of carbonyl (C=O) groups excluding carboxylic acids is 1. The zero-order valence-electron chi connectivity index (χ0n) is 9.89. The van der Waals surface area contributed by atoms with Crippen LogP contribution in [0.2, 0.25) is 0 Å². The Labute approximate surface area is 99.0 Å². The maximum atomic E-state index is 13.4. The normalized spacial score (nSPS) is 12.3. The highest BCUT2D eigenvalue weighted by Gasteiger charge is 2.16. The van der Waals surface area contributed by atoms with E-state index in [1.54, 1.807) is 0 Å². The number of rotatable bonds is 4. The van der Waals surface area contributed by atoms with Crippen molar-refractivity contribution < 1.29 is 13.6 Å². The van der Waals surface area contributed by atoms with Crippen LogP contribution in [0.3, 0.4) is 0 Å². The fraction of sp³-hybridized carbons (Fsp3) is 0.417. The lowest BCUT2D eigenvalue weighted by Crippen LogP contribution is -2.40. The molecule has 5 heteroatoms. The van der Waals surface area contributed by atoms with Crippen LogP contribution < -0.4 is 11.1 Å². The number of nitrogens with one attached hydrogen (secondary N) is 1. The van der Waals surface area contributed by atoms with E-state index >= 15 is 0 Å². The third-order valence-electron chi connectivity index (χ3n) is 2.61. The Bertz CT molecular complexity index is 417. The third-order valence-corrected chi connectivity index (χ3v) is 2.61. The second-order valence-corrected chi connectivity index (χ2v) is 3.90. The molecule has 1 aromatic rings. The minimum Gasteiger partial charge on any atom is -0.348 e. The first kappa shape index (κ1) is 13.6. The van der Waals surface area contributed by atoms with Gasteiger partial charge in [0, 0.05) is 18.7 Å². The Morgan fingerprint density at radius 2 is 2.06 bits per heavy atom. The molecule has 3 nitrogen and oxygen atoms in total. The Kier molecular flexibility index (Phi) is 4.57. The lowest BCUT2D eigenvalue weighted by Gasteiger charge is -2.15. The Balaban J connectivity index is 2.93. The topological polar surface area (TPSA) is 55.1 Å². The third kappa shape index (κ3) is 3.23. The van der Waals surface area contributed by atoms with Gasteiger partial charge in [0.1, 0.15) is 11.6 Å². The van der Waals surface area contributed by atoms with Crippen molar-refractivity contribution in [3.8, 4) is 0 Å². The summed E-state index contributed by atoms with van der Waals surface area (Å²) >= 11 is 0. The standard InChI is InChI=1S/C12H16F2N2O/c1-3-8(6-15)16-12(17)9-4-7(2)10(13)5-11(9)14/h4-5,8H,3,6,15H2,1-2H3,(H,16,17). The summed E-state index contributed by atoms with van der Waals surface area (Å²) < 4.78 is 26.4. The van der Waals surface area contributed by atoms with Crippen LogP contribution in [0.5, 0.6) is 0 Å². The lowest BCUT2D eigenvalue weighted by atomic mass is 10.1. The minimum absolute atomic E-state index is 0.157. The molecule has 0 aliphatic heterocycles. The first-order valence-corrected chi connectivity index (χ1v) is 5.46. The number of amides is 1. The number of benzene rings is 1. The van der Waals surface area contributed by atoms with Crippen LogP contribution in [-0.2, 0) is 0 Å². The summed E-state index contributed by atoms with van der Waals surface area (Å²) in [6, 6.07) is 1.71. The summed E-state index contributed by atoms with van der Waals surface area (Å²) in [7, 11) is 0. The van der Waals surface area contributed by atoms with Gasteiger partial charge in [0.15, 0.2) is 0 Å². The fourth-order valence-electron chi connectivity index (χ4n) is 1.42. The molecule has 0 bridgehead atoms. The van der Waals surface area contributed by atoms with Gasteiger partial charge in [0.2, 0.25) is 0 Å². The summed E-state index contributed by atoms with van der Waals surface area (Å²) in [5.41, 5.74) is 5.51. The van der Waals surface area contributed by atoms with Gasteiger partial charge < -0.3 is 11.1 Å². The van der Waals surface area contributed by atoms with E-state index in [1.165, 1.54) is 13.0 Å². The molecular formula is C12H16F2N2O. The molecule has 94 valence electrons. The van der Waals surface area contributed by atoms with E-state index < -0.39 is 17.5 Å². The van der Waals surface area contributed by atoms with Gasteiger partial charge in [-0.1, -0.05) is 6.92 Å². The van der Waals surface area contributed by atoms with Crippen molar-refractivity contribution in [2.24, 2.45) is 5.73 Å². The van der Waals surface area contributed by atoms with Crippen molar-refractivity contribution in [3.63, 3.8) is 0 Å². The number of hydrogen-bond donors (Lipinski definition) is 2. The highest BCUT2D eigenvalue weighted by atomic mass is 19.1. The number of aryl methyl sites for hydroxylation is 1. The van der Waals surface area contributed by atoms with Crippen molar-refractivity contribution in [1.82, 2.24) is 5.32 Å². The molecule has 0 aliphatic rings. The molecule has 1 amide bonds. The van der Waals surface area contributed by atoms with Crippen molar-refractivity contribution in [3.05, 3.63) is 34.9 Å². The van der Waals surface area contributed by atoms with E-state index in [2.05, 4.69) is 5.32 Å². The Hall–Kier alpha value is -1.49. The first-order valence-electron chi connectivity index (χ1n) is 5.46. The van der Waals surface area contributed by atoms with Crippen LogP contribution >= 0.6 is 0 Å². The summed E-state index contributed by atoms with van der Waals surface area (Å²) in [4.78, 5) is 11.7. The fourth-order valence-corrected chi connectivity index (χ4v) is 1.42. The minimum atomic E-state index is -0.863. The first-order chi connectivity index (χ1) is 7.99. The zero-order chi connectivity index (χ0) is 13.0. The molecular weight excluding hydrogens is 226 g/mol. The predicted molar refractivity (Wildman–Crippen MR) is 61.7 cm³/mol. The average molecular weight is 242 g/mol. The lowest BCUT2D eigenvalue weighted by molar-refractivity contribution is 0.0933. The largest absolute Gasteiger partial charge is 0.348 e. The van der Waals surface area contributed by atoms with Crippen LogP contribution in [0.4, 0.5) is 8.78 Å². The van der Waals surface area contributed by atoms with Crippen LogP contribution in [0.25, 0.3) is 0 Å². The second-order valence-electron chi connectivity index (χ2n) is 3.90. The molecule has 1 atom stereocenters. The summed E-state index contributed by atoms with van der Waals surface area (Å²) in [6.45, 7) is 3.62. The highest BCUT2D eigenvalue weighted by molar-refractivity contribution is 5.94. The van der Waals surface area contributed by atoms with E-state index in [0.717, 1.165) is 0 Å². The molecule has 17 heavy (non-hydrogen) atoms. The van der Waals surface area contributed by atoms with Crippen LogP contribution in [-0.4, -0.2) is 18.5 Å². The van der Waals surface area contributed by atoms with Gasteiger partial charge in [-0.3, -0.25) is 4.79 Å².